The second kappa shape index (κ2) is 13.1. The molecule has 5 rings (SSSR count). The summed E-state index contributed by atoms with van der Waals surface area (Å²) >= 11 is 0. The normalized spacial score (nSPS) is 16.6. The molecule has 11 heteroatoms. The van der Waals surface area contributed by atoms with Crippen LogP contribution in [-0.4, -0.2) is 63.6 Å². The third-order valence-electron chi connectivity index (χ3n) is 8.08. The molecule has 4 aromatic rings. The van der Waals surface area contributed by atoms with Gasteiger partial charge in [0.25, 0.3) is 5.91 Å². The lowest BCUT2D eigenvalue weighted by Crippen LogP contribution is -2.36. The number of fused-ring (bicyclic) bond motifs is 2. The van der Waals surface area contributed by atoms with E-state index in [0.29, 0.717) is 31.7 Å². The second-order valence-electron chi connectivity index (χ2n) is 14.3. The van der Waals surface area contributed by atoms with Crippen LogP contribution in [0, 0.1) is 0 Å². The van der Waals surface area contributed by atoms with Gasteiger partial charge < -0.3 is 20.3 Å². The molecule has 46 heavy (non-hydrogen) atoms. The predicted molar refractivity (Wildman–Crippen MR) is 179 cm³/mol. The minimum absolute atomic E-state index is 0.168. The van der Waals surface area contributed by atoms with Crippen LogP contribution in [0.25, 0.3) is 5.65 Å². The van der Waals surface area contributed by atoms with Gasteiger partial charge in [0.2, 0.25) is 0 Å². The first-order valence-electron chi connectivity index (χ1n) is 15.8. The highest BCUT2D eigenvalue weighted by atomic mass is 16.5. The molecule has 0 bridgehead atoms. The molecule has 3 heterocycles. The van der Waals surface area contributed by atoms with Gasteiger partial charge in [-0.25, -0.2) is 9.78 Å². The number of amides is 3. The number of likely N-dealkylation sites (N-methyl/N-ethyl adjacent to an activating group) is 1. The van der Waals surface area contributed by atoms with Crippen molar-refractivity contribution in [3.8, 4) is 5.75 Å². The molecule has 0 radical (unpaired) electrons. The van der Waals surface area contributed by atoms with Gasteiger partial charge in [-0.15, -0.1) is 10.2 Å². The Morgan fingerprint density at radius 3 is 2.39 bits per heavy atom. The number of ether oxygens (including phenoxy) is 1. The molecule has 0 aliphatic heterocycles. The van der Waals surface area contributed by atoms with Gasteiger partial charge in [-0.2, -0.15) is 0 Å². The molecular weight excluding hydrogens is 580 g/mol. The van der Waals surface area contributed by atoms with Gasteiger partial charge in [0.05, 0.1) is 12.2 Å². The van der Waals surface area contributed by atoms with E-state index in [1.807, 2.05) is 66.0 Å². The molecule has 2 atom stereocenters. The zero-order chi connectivity index (χ0) is 33.2. The topological polar surface area (TPSA) is 126 Å². The Bertz CT molecular complexity index is 1720. The Balaban J connectivity index is 1.31. The summed E-state index contributed by atoms with van der Waals surface area (Å²) in [5, 5.41) is 17.6. The molecule has 0 fully saturated rings. The van der Waals surface area contributed by atoms with Crippen molar-refractivity contribution < 1.29 is 14.3 Å². The number of benzene rings is 1. The Labute approximate surface area is 271 Å². The van der Waals surface area contributed by atoms with Crippen molar-refractivity contribution in [3.05, 3.63) is 82.9 Å². The molecule has 1 aromatic carbocycles. The molecule has 1 aliphatic carbocycles. The van der Waals surface area contributed by atoms with Crippen LogP contribution in [0.5, 0.6) is 5.75 Å². The summed E-state index contributed by atoms with van der Waals surface area (Å²) in [4.78, 5) is 32.8. The van der Waals surface area contributed by atoms with Gasteiger partial charge in [0.1, 0.15) is 29.2 Å². The molecule has 3 aromatic heterocycles. The summed E-state index contributed by atoms with van der Waals surface area (Å²) in [6.45, 7) is 13.7. The fourth-order valence-electron chi connectivity index (χ4n) is 5.58. The lowest BCUT2D eigenvalue weighted by molar-refractivity contribution is 0.0946. The number of nitrogens with one attached hydrogen (secondary N) is 3. The van der Waals surface area contributed by atoms with Crippen LogP contribution in [0.3, 0.4) is 0 Å². The number of pyridine rings is 2. The molecule has 3 amide bonds. The van der Waals surface area contributed by atoms with Crippen molar-refractivity contribution in [2.75, 3.05) is 32.5 Å². The number of rotatable bonds is 8. The number of urea groups is 1. The minimum atomic E-state index is -0.385. The van der Waals surface area contributed by atoms with Gasteiger partial charge in [0, 0.05) is 18.5 Å². The maximum absolute atomic E-state index is 13.3. The average molecular weight is 627 g/mol. The quantitative estimate of drug-likeness (QED) is 0.226. The monoisotopic (exact) mass is 626 g/mol. The molecule has 0 saturated heterocycles. The van der Waals surface area contributed by atoms with Crippen molar-refractivity contribution in [3.63, 3.8) is 0 Å². The number of anilines is 1. The zero-order valence-corrected chi connectivity index (χ0v) is 28.1. The Morgan fingerprint density at radius 1 is 0.957 bits per heavy atom. The van der Waals surface area contributed by atoms with Crippen molar-refractivity contribution >= 4 is 23.4 Å². The average Bonchev–Trinajstić information content (AvgIpc) is 3.42. The predicted octanol–water partition coefficient (Wildman–Crippen LogP) is 5.79. The summed E-state index contributed by atoms with van der Waals surface area (Å²) in [7, 11) is 3.90. The van der Waals surface area contributed by atoms with Crippen molar-refractivity contribution in [2.24, 2.45) is 0 Å². The van der Waals surface area contributed by atoms with Gasteiger partial charge in [-0.1, -0.05) is 65.8 Å². The van der Waals surface area contributed by atoms with Crippen molar-refractivity contribution in [1.29, 1.82) is 0 Å². The second-order valence-corrected chi connectivity index (χ2v) is 14.3. The number of hydrogen-bond acceptors (Lipinski definition) is 7. The van der Waals surface area contributed by atoms with Crippen LogP contribution in [-0.2, 0) is 10.8 Å². The van der Waals surface area contributed by atoms with Crippen molar-refractivity contribution in [2.45, 2.75) is 77.4 Å². The van der Waals surface area contributed by atoms with Crippen LogP contribution in [0.1, 0.15) is 99.5 Å². The SMILES string of the molecule is CN(C)CCNC(=O)c1cc(C(C)(C)C)cc(NC(=O)N[C@H]2CC[C@@H](Oc3ccc4nnc(C(C)(C)C)n4c3)c3ccccc32)n1. The summed E-state index contributed by atoms with van der Waals surface area (Å²) in [5.41, 5.74) is 3.56. The van der Waals surface area contributed by atoms with E-state index in [1.54, 1.807) is 6.07 Å². The highest BCUT2D eigenvalue weighted by Gasteiger charge is 2.30. The van der Waals surface area contributed by atoms with Gasteiger partial charge >= 0.3 is 6.03 Å². The van der Waals surface area contributed by atoms with E-state index in [-0.39, 0.29) is 40.6 Å². The van der Waals surface area contributed by atoms with E-state index >= 15 is 0 Å². The first-order chi connectivity index (χ1) is 21.7. The molecule has 244 valence electrons. The molecule has 3 N–H and O–H groups in total. The Kier molecular flexibility index (Phi) is 9.34. The summed E-state index contributed by atoms with van der Waals surface area (Å²) in [6.07, 6.45) is 3.17. The zero-order valence-electron chi connectivity index (χ0n) is 28.1. The van der Waals surface area contributed by atoms with Crippen LogP contribution in [0.4, 0.5) is 10.6 Å². The first kappa shape index (κ1) is 32.9. The Morgan fingerprint density at radius 2 is 1.70 bits per heavy atom. The van der Waals surface area contributed by atoms with Crippen LogP contribution in [0.2, 0.25) is 0 Å². The van der Waals surface area contributed by atoms with Crippen LogP contribution in [0.15, 0.2) is 54.7 Å². The number of aromatic nitrogens is 4. The highest BCUT2D eigenvalue weighted by molar-refractivity contribution is 5.94. The maximum atomic E-state index is 13.3. The van der Waals surface area contributed by atoms with E-state index < -0.39 is 0 Å². The molecule has 11 nitrogen and oxygen atoms in total. The van der Waals surface area contributed by atoms with Crippen LogP contribution >= 0.6 is 0 Å². The van der Waals surface area contributed by atoms with E-state index in [0.717, 1.165) is 33.9 Å². The maximum Gasteiger partial charge on any atom is 0.320 e. The lowest BCUT2D eigenvalue weighted by Gasteiger charge is -2.32. The molecule has 0 unspecified atom stereocenters. The largest absolute Gasteiger partial charge is 0.484 e. The number of carbonyl (C=O) groups is 2. The van der Waals surface area contributed by atoms with E-state index in [2.05, 4.69) is 78.7 Å². The number of nitrogens with zero attached hydrogens (tertiary/aromatic N) is 5. The molecule has 0 spiro atoms. The standard InChI is InChI=1S/C35H46N8O3/c1-34(2,3)22-19-27(31(44)36-17-18-42(7)8)37-29(20-22)39-33(45)38-26-14-15-28(25-12-10-9-11-24(25)26)46-23-13-16-30-40-41-32(35(4,5)6)43(30)21-23/h9-13,16,19-21,26,28H,14-15,17-18H2,1-8H3,(H,36,44)(H2,37,38,39,45)/t26-,28+/m0/s1. The van der Waals surface area contributed by atoms with E-state index in [9.17, 15) is 9.59 Å². The molecule has 1 aliphatic rings. The number of hydrogen-bond donors (Lipinski definition) is 3. The molecule has 0 saturated carbocycles. The fourth-order valence-corrected chi connectivity index (χ4v) is 5.58. The van der Waals surface area contributed by atoms with E-state index in [1.165, 1.54) is 0 Å². The van der Waals surface area contributed by atoms with Gasteiger partial charge in [-0.3, -0.25) is 14.5 Å². The van der Waals surface area contributed by atoms with Crippen LogP contribution < -0.4 is 20.7 Å². The third kappa shape index (κ3) is 7.64. The smallest absolute Gasteiger partial charge is 0.320 e. The highest BCUT2D eigenvalue weighted by Crippen LogP contribution is 2.39. The Hall–Kier alpha value is -4.51. The summed E-state index contributed by atoms with van der Waals surface area (Å²) < 4.78 is 8.53. The van der Waals surface area contributed by atoms with E-state index in [4.69, 9.17) is 4.74 Å². The van der Waals surface area contributed by atoms with Gasteiger partial charge in [-0.05, 0) is 73.3 Å². The van der Waals surface area contributed by atoms with Gasteiger partial charge in [0.15, 0.2) is 5.65 Å². The van der Waals surface area contributed by atoms with Crippen molar-refractivity contribution in [1.82, 2.24) is 35.1 Å². The number of carbonyl (C=O) groups excluding carboxylic acids is 2. The summed E-state index contributed by atoms with van der Waals surface area (Å²) in [6, 6.07) is 14.9. The first-order valence-corrected chi connectivity index (χ1v) is 15.8. The fraction of sp³-hybridized carbons (Fsp3) is 0.457. The lowest BCUT2D eigenvalue weighted by atomic mass is 9.85. The summed E-state index contributed by atoms with van der Waals surface area (Å²) in [5.74, 6) is 1.65. The molecular formula is C35H46N8O3. The minimum Gasteiger partial charge on any atom is -0.484 e. The third-order valence-corrected chi connectivity index (χ3v) is 8.08.